The molecule has 0 bridgehead atoms. The molecule has 23 heavy (non-hydrogen) atoms. The third kappa shape index (κ3) is 3.48. The molecule has 0 unspecified atom stereocenters. The third-order valence-electron chi connectivity index (χ3n) is 4.65. The van der Waals surface area contributed by atoms with E-state index >= 15 is 0 Å². The van der Waals surface area contributed by atoms with Crippen LogP contribution in [-0.2, 0) is 4.74 Å². The van der Waals surface area contributed by atoms with E-state index in [9.17, 15) is 5.11 Å². The summed E-state index contributed by atoms with van der Waals surface area (Å²) < 4.78 is 7.17. The summed E-state index contributed by atoms with van der Waals surface area (Å²) in [6.45, 7) is 4.75. The van der Waals surface area contributed by atoms with Crippen LogP contribution in [0.2, 0.25) is 0 Å². The van der Waals surface area contributed by atoms with E-state index < -0.39 is 0 Å². The van der Waals surface area contributed by atoms with Gasteiger partial charge in [0.15, 0.2) is 0 Å². The molecule has 2 N–H and O–H groups in total. The SMILES string of the molecule is COC[C@H](C)Nc1ncc2c(C)cc(C3CCC(O)CC3)n2n1. The quantitative estimate of drug-likeness (QED) is 0.886. The molecule has 6 heteroatoms. The van der Waals surface area contributed by atoms with E-state index in [4.69, 9.17) is 4.74 Å². The summed E-state index contributed by atoms with van der Waals surface area (Å²) in [5.74, 6) is 1.08. The van der Waals surface area contributed by atoms with Gasteiger partial charge in [-0.1, -0.05) is 0 Å². The molecular weight excluding hydrogens is 292 g/mol. The Balaban J connectivity index is 1.89. The normalized spacial score (nSPS) is 23.1. The van der Waals surface area contributed by atoms with Crippen LogP contribution in [0.15, 0.2) is 12.3 Å². The zero-order valence-corrected chi connectivity index (χ0v) is 14.1. The maximum absolute atomic E-state index is 9.73. The Morgan fingerprint density at radius 1 is 1.39 bits per heavy atom. The van der Waals surface area contributed by atoms with Crippen LogP contribution in [0.3, 0.4) is 0 Å². The van der Waals surface area contributed by atoms with E-state index in [0.717, 1.165) is 31.2 Å². The molecule has 2 aromatic rings. The first-order valence-corrected chi connectivity index (χ1v) is 8.37. The number of aliphatic hydroxyl groups excluding tert-OH is 1. The highest BCUT2D eigenvalue weighted by Crippen LogP contribution is 2.34. The Labute approximate surface area is 136 Å². The number of fused-ring (bicyclic) bond motifs is 1. The molecule has 0 aromatic carbocycles. The van der Waals surface area contributed by atoms with Gasteiger partial charge in [-0.2, -0.15) is 0 Å². The van der Waals surface area contributed by atoms with Crippen molar-refractivity contribution in [2.75, 3.05) is 19.0 Å². The molecular formula is C17H26N4O2. The smallest absolute Gasteiger partial charge is 0.241 e. The molecule has 126 valence electrons. The van der Waals surface area contributed by atoms with Gasteiger partial charge in [-0.05, 0) is 51.2 Å². The first-order chi connectivity index (χ1) is 11.1. The summed E-state index contributed by atoms with van der Waals surface area (Å²) in [4.78, 5) is 4.42. The summed E-state index contributed by atoms with van der Waals surface area (Å²) in [5.41, 5.74) is 3.48. The topological polar surface area (TPSA) is 71.7 Å². The number of anilines is 1. The lowest BCUT2D eigenvalue weighted by atomic mass is 9.85. The Hall–Kier alpha value is -1.66. The fourth-order valence-electron chi connectivity index (χ4n) is 3.41. The van der Waals surface area contributed by atoms with E-state index in [0.29, 0.717) is 18.5 Å². The fraction of sp³-hybridized carbons (Fsp3) is 0.647. The number of ether oxygens (including phenoxy) is 1. The van der Waals surface area contributed by atoms with Crippen LogP contribution in [-0.4, -0.2) is 45.6 Å². The number of aromatic nitrogens is 3. The highest BCUT2D eigenvalue weighted by atomic mass is 16.5. The van der Waals surface area contributed by atoms with Gasteiger partial charge in [0.1, 0.15) is 0 Å². The lowest BCUT2D eigenvalue weighted by molar-refractivity contribution is 0.121. The van der Waals surface area contributed by atoms with Crippen molar-refractivity contribution in [3.8, 4) is 0 Å². The number of rotatable bonds is 5. The zero-order valence-electron chi connectivity index (χ0n) is 14.1. The van der Waals surface area contributed by atoms with Gasteiger partial charge in [-0.15, -0.1) is 5.10 Å². The second-order valence-electron chi connectivity index (χ2n) is 6.64. The van der Waals surface area contributed by atoms with Gasteiger partial charge < -0.3 is 15.2 Å². The van der Waals surface area contributed by atoms with E-state index in [-0.39, 0.29) is 12.1 Å². The molecule has 1 fully saturated rings. The van der Waals surface area contributed by atoms with Gasteiger partial charge in [-0.3, -0.25) is 0 Å². The maximum atomic E-state index is 9.73. The molecule has 0 saturated heterocycles. The summed E-state index contributed by atoms with van der Waals surface area (Å²) in [6, 6.07) is 2.37. The van der Waals surface area contributed by atoms with Crippen molar-refractivity contribution in [3.63, 3.8) is 0 Å². The number of aliphatic hydroxyl groups is 1. The average Bonchev–Trinajstić information content (AvgIpc) is 2.85. The van der Waals surface area contributed by atoms with Crippen molar-refractivity contribution in [1.82, 2.24) is 14.6 Å². The number of nitrogens with one attached hydrogen (secondary N) is 1. The number of aryl methyl sites for hydroxylation is 1. The van der Waals surface area contributed by atoms with Crippen LogP contribution in [0.1, 0.15) is 49.8 Å². The minimum atomic E-state index is -0.139. The zero-order chi connectivity index (χ0) is 16.4. The van der Waals surface area contributed by atoms with E-state index in [2.05, 4.69) is 28.4 Å². The second kappa shape index (κ2) is 6.84. The van der Waals surface area contributed by atoms with Crippen LogP contribution >= 0.6 is 0 Å². The third-order valence-corrected chi connectivity index (χ3v) is 4.65. The number of nitrogens with zero attached hydrogens (tertiary/aromatic N) is 3. The standard InChI is InChI=1S/C17H26N4O2/c1-11-8-15(13-4-6-14(22)7-5-13)21-16(11)9-18-17(20-21)19-12(2)10-23-3/h8-9,12-14,22H,4-7,10H2,1-3H3,(H,19,20)/t12-,13?,14?/m0/s1. The molecule has 6 nitrogen and oxygen atoms in total. The average molecular weight is 318 g/mol. The minimum Gasteiger partial charge on any atom is -0.393 e. The lowest BCUT2D eigenvalue weighted by Gasteiger charge is -2.25. The van der Waals surface area contributed by atoms with Crippen LogP contribution in [0.25, 0.3) is 5.52 Å². The molecule has 1 atom stereocenters. The fourth-order valence-corrected chi connectivity index (χ4v) is 3.41. The van der Waals surface area contributed by atoms with Crippen molar-refractivity contribution < 1.29 is 9.84 Å². The molecule has 0 radical (unpaired) electrons. The monoisotopic (exact) mass is 318 g/mol. The van der Waals surface area contributed by atoms with Crippen molar-refractivity contribution in [3.05, 3.63) is 23.5 Å². The van der Waals surface area contributed by atoms with E-state index in [1.54, 1.807) is 7.11 Å². The summed E-state index contributed by atoms with van der Waals surface area (Å²) in [7, 11) is 1.69. The molecule has 2 aromatic heterocycles. The van der Waals surface area contributed by atoms with Crippen LogP contribution in [0, 0.1) is 6.92 Å². The van der Waals surface area contributed by atoms with Gasteiger partial charge in [0.25, 0.3) is 0 Å². The minimum absolute atomic E-state index is 0.139. The highest BCUT2D eigenvalue weighted by molar-refractivity contribution is 5.56. The highest BCUT2D eigenvalue weighted by Gasteiger charge is 2.24. The number of methoxy groups -OCH3 is 1. The number of hydrogen-bond donors (Lipinski definition) is 2. The molecule has 0 amide bonds. The van der Waals surface area contributed by atoms with Crippen molar-refractivity contribution in [2.24, 2.45) is 0 Å². The van der Waals surface area contributed by atoms with Crippen molar-refractivity contribution in [1.29, 1.82) is 0 Å². The van der Waals surface area contributed by atoms with Gasteiger partial charge in [0, 0.05) is 24.8 Å². The molecule has 0 aliphatic heterocycles. The first-order valence-electron chi connectivity index (χ1n) is 8.37. The largest absolute Gasteiger partial charge is 0.393 e. The Morgan fingerprint density at radius 3 is 2.83 bits per heavy atom. The maximum Gasteiger partial charge on any atom is 0.241 e. The Morgan fingerprint density at radius 2 is 2.13 bits per heavy atom. The van der Waals surface area contributed by atoms with Crippen LogP contribution < -0.4 is 5.32 Å². The van der Waals surface area contributed by atoms with Crippen LogP contribution in [0.4, 0.5) is 5.95 Å². The molecule has 3 rings (SSSR count). The molecule has 2 heterocycles. The summed E-state index contributed by atoms with van der Waals surface area (Å²) in [5, 5.41) is 17.7. The molecule has 0 spiro atoms. The number of hydrogen-bond acceptors (Lipinski definition) is 5. The second-order valence-corrected chi connectivity index (χ2v) is 6.64. The van der Waals surface area contributed by atoms with Gasteiger partial charge in [0.05, 0.1) is 24.4 Å². The molecule has 1 aliphatic carbocycles. The Bertz CT molecular complexity index is 662. The molecule has 1 aliphatic rings. The van der Waals surface area contributed by atoms with E-state index in [1.807, 2.05) is 17.6 Å². The first kappa shape index (κ1) is 16.2. The van der Waals surface area contributed by atoms with Crippen molar-refractivity contribution >= 4 is 11.5 Å². The van der Waals surface area contributed by atoms with Gasteiger partial charge in [-0.25, -0.2) is 9.50 Å². The lowest BCUT2D eigenvalue weighted by Crippen LogP contribution is -2.23. The summed E-state index contributed by atoms with van der Waals surface area (Å²) in [6.07, 6.45) is 5.51. The summed E-state index contributed by atoms with van der Waals surface area (Å²) >= 11 is 0. The van der Waals surface area contributed by atoms with Gasteiger partial charge >= 0.3 is 0 Å². The predicted octanol–water partition coefficient (Wildman–Crippen LogP) is 2.50. The van der Waals surface area contributed by atoms with Gasteiger partial charge in [0.2, 0.25) is 5.95 Å². The molecule has 1 saturated carbocycles. The predicted molar refractivity (Wildman–Crippen MR) is 89.9 cm³/mol. The van der Waals surface area contributed by atoms with Crippen molar-refractivity contribution in [2.45, 2.75) is 57.6 Å². The Kier molecular flexibility index (Phi) is 4.82. The van der Waals surface area contributed by atoms with Crippen LogP contribution in [0.5, 0.6) is 0 Å². The van der Waals surface area contributed by atoms with E-state index in [1.165, 1.54) is 11.3 Å².